The zero-order valence-electron chi connectivity index (χ0n) is 11.4. The average molecular weight is 264 g/mol. The number of carbonyl (C=O) groups excluding carboxylic acids is 2. The molecule has 0 spiro atoms. The largest absolute Gasteiger partial charge is 0.458 e. The van der Waals surface area contributed by atoms with Crippen LogP contribution in [0.2, 0.25) is 0 Å². The minimum absolute atomic E-state index is 0.115. The zero-order valence-corrected chi connectivity index (χ0v) is 11.4. The van der Waals surface area contributed by atoms with Gasteiger partial charge in [-0.25, -0.2) is 4.79 Å². The molecule has 1 N–H and O–H groups in total. The lowest BCUT2D eigenvalue weighted by Crippen LogP contribution is -2.46. The normalized spacial score (nSPS) is 49.6. The molecule has 19 heavy (non-hydrogen) atoms. The third-order valence-corrected chi connectivity index (χ3v) is 5.62. The van der Waals surface area contributed by atoms with Crippen molar-refractivity contribution >= 4 is 11.8 Å². The van der Waals surface area contributed by atoms with E-state index in [-0.39, 0.29) is 23.7 Å². The Balaban J connectivity index is 2.07. The molecule has 3 aliphatic rings. The molecule has 0 bridgehead atoms. The van der Waals surface area contributed by atoms with Crippen LogP contribution >= 0.6 is 0 Å². The molecule has 0 aromatic rings. The van der Waals surface area contributed by atoms with Crippen molar-refractivity contribution in [2.75, 3.05) is 0 Å². The van der Waals surface area contributed by atoms with Gasteiger partial charge >= 0.3 is 5.97 Å². The molecule has 0 radical (unpaired) electrons. The van der Waals surface area contributed by atoms with Crippen molar-refractivity contribution < 1.29 is 19.4 Å². The molecule has 104 valence electrons. The molecular formula is C15H20O4. The van der Waals surface area contributed by atoms with E-state index in [1.807, 2.05) is 6.92 Å². The van der Waals surface area contributed by atoms with E-state index in [2.05, 4.69) is 13.5 Å². The molecule has 1 saturated heterocycles. The number of ether oxygens (including phenoxy) is 1. The second kappa shape index (κ2) is 3.92. The minimum Gasteiger partial charge on any atom is -0.458 e. The molecule has 3 fully saturated rings. The van der Waals surface area contributed by atoms with Crippen LogP contribution < -0.4 is 0 Å². The van der Waals surface area contributed by atoms with Gasteiger partial charge in [-0.1, -0.05) is 13.5 Å². The molecule has 1 heterocycles. The van der Waals surface area contributed by atoms with Crippen molar-refractivity contribution in [3.05, 3.63) is 12.2 Å². The van der Waals surface area contributed by atoms with Crippen molar-refractivity contribution in [1.29, 1.82) is 0 Å². The van der Waals surface area contributed by atoms with E-state index in [4.69, 9.17) is 4.74 Å². The zero-order chi connectivity index (χ0) is 13.9. The first kappa shape index (κ1) is 12.9. The number of hydrogen-bond donors (Lipinski definition) is 1. The Morgan fingerprint density at radius 1 is 1.42 bits per heavy atom. The standard InChI is InChI=1S/C15H20O4/c1-7-6-10-12(8(2)14(18)19-10)13(17)15(3)9(7)4-5-11(15)16/h7,9-10,12-13,17H,2,4-6H2,1,3H3/t7-,9-,10+,12-,13+,15+/m1/s1. The number of aliphatic hydroxyl groups is 1. The first-order valence-corrected chi connectivity index (χ1v) is 6.98. The Bertz CT molecular complexity index is 469. The van der Waals surface area contributed by atoms with Crippen molar-refractivity contribution in [2.45, 2.75) is 45.3 Å². The number of carbonyl (C=O) groups is 2. The van der Waals surface area contributed by atoms with Crippen LogP contribution in [0.4, 0.5) is 0 Å². The van der Waals surface area contributed by atoms with E-state index in [0.29, 0.717) is 18.4 Å². The second-order valence-corrected chi connectivity index (χ2v) is 6.50. The Morgan fingerprint density at radius 3 is 2.79 bits per heavy atom. The fraction of sp³-hybridized carbons (Fsp3) is 0.733. The molecule has 3 rings (SSSR count). The molecule has 2 aliphatic carbocycles. The summed E-state index contributed by atoms with van der Waals surface area (Å²) < 4.78 is 5.33. The van der Waals surface area contributed by atoms with Gasteiger partial charge < -0.3 is 9.84 Å². The van der Waals surface area contributed by atoms with Crippen LogP contribution in [-0.4, -0.2) is 29.1 Å². The predicted octanol–water partition coefficient (Wildman–Crippen LogP) is 1.47. The number of ketones is 1. The van der Waals surface area contributed by atoms with E-state index in [9.17, 15) is 14.7 Å². The lowest BCUT2D eigenvalue weighted by molar-refractivity contribution is -0.140. The van der Waals surface area contributed by atoms with Gasteiger partial charge in [0, 0.05) is 12.0 Å². The molecule has 6 atom stereocenters. The number of Topliss-reactive ketones (excluding diaryl/α,β-unsaturated/α-hetero) is 1. The van der Waals surface area contributed by atoms with Crippen molar-refractivity contribution in [1.82, 2.24) is 0 Å². The smallest absolute Gasteiger partial charge is 0.334 e. The Labute approximate surface area is 112 Å². The Morgan fingerprint density at radius 2 is 2.11 bits per heavy atom. The topological polar surface area (TPSA) is 63.6 Å². The number of esters is 1. The van der Waals surface area contributed by atoms with E-state index in [1.165, 1.54) is 0 Å². The van der Waals surface area contributed by atoms with Gasteiger partial charge in [0.15, 0.2) is 0 Å². The predicted molar refractivity (Wildman–Crippen MR) is 68.1 cm³/mol. The fourth-order valence-electron chi connectivity index (χ4n) is 4.46. The summed E-state index contributed by atoms with van der Waals surface area (Å²) in [4.78, 5) is 24.0. The monoisotopic (exact) mass is 264 g/mol. The van der Waals surface area contributed by atoms with Gasteiger partial charge in [0.2, 0.25) is 0 Å². The van der Waals surface area contributed by atoms with Gasteiger partial charge in [-0.15, -0.1) is 0 Å². The molecule has 0 aromatic heterocycles. The first-order valence-electron chi connectivity index (χ1n) is 6.98. The highest BCUT2D eigenvalue weighted by Crippen LogP contribution is 2.55. The number of fused-ring (bicyclic) bond motifs is 2. The highest BCUT2D eigenvalue weighted by Gasteiger charge is 2.61. The Hall–Kier alpha value is -1.16. The van der Waals surface area contributed by atoms with Crippen LogP contribution in [0.25, 0.3) is 0 Å². The van der Waals surface area contributed by atoms with Crippen LogP contribution in [0.1, 0.15) is 33.1 Å². The van der Waals surface area contributed by atoms with Gasteiger partial charge in [-0.2, -0.15) is 0 Å². The molecule has 4 nitrogen and oxygen atoms in total. The van der Waals surface area contributed by atoms with E-state index in [1.54, 1.807) is 0 Å². The van der Waals surface area contributed by atoms with Crippen molar-refractivity contribution in [3.63, 3.8) is 0 Å². The van der Waals surface area contributed by atoms with Crippen LogP contribution in [0.15, 0.2) is 12.2 Å². The van der Waals surface area contributed by atoms with Gasteiger partial charge in [0.25, 0.3) is 0 Å². The van der Waals surface area contributed by atoms with E-state index < -0.39 is 23.4 Å². The third kappa shape index (κ3) is 1.49. The van der Waals surface area contributed by atoms with Crippen LogP contribution in [0.3, 0.4) is 0 Å². The third-order valence-electron chi connectivity index (χ3n) is 5.62. The quantitative estimate of drug-likeness (QED) is 0.531. The van der Waals surface area contributed by atoms with Crippen molar-refractivity contribution in [3.8, 4) is 0 Å². The van der Waals surface area contributed by atoms with Crippen LogP contribution in [-0.2, 0) is 14.3 Å². The van der Waals surface area contributed by atoms with Crippen LogP contribution in [0, 0.1) is 23.2 Å². The maximum atomic E-state index is 12.3. The maximum Gasteiger partial charge on any atom is 0.334 e. The van der Waals surface area contributed by atoms with E-state index >= 15 is 0 Å². The van der Waals surface area contributed by atoms with Gasteiger partial charge in [0.1, 0.15) is 11.9 Å². The summed E-state index contributed by atoms with van der Waals surface area (Å²) in [7, 11) is 0. The van der Waals surface area contributed by atoms with Gasteiger partial charge in [-0.3, -0.25) is 4.79 Å². The van der Waals surface area contributed by atoms with E-state index in [0.717, 1.165) is 6.42 Å². The molecule has 1 aliphatic heterocycles. The van der Waals surface area contributed by atoms with Crippen LogP contribution in [0.5, 0.6) is 0 Å². The summed E-state index contributed by atoms with van der Waals surface area (Å²) in [5.74, 6) is -0.294. The lowest BCUT2D eigenvalue weighted by atomic mass is 9.68. The summed E-state index contributed by atoms with van der Waals surface area (Å²) in [6.07, 6.45) is 0.885. The summed E-state index contributed by atoms with van der Waals surface area (Å²) in [5, 5.41) is 10.8. The molecular weight excluding hydrogens is 244 g/mol. The summed E-state index contributed by atoms with van der Waals surface area (Å²) >= 11 is 0. The van der Waals surface area contributed by atoms with Crippen molar-refractivity contribution in [2.24, 2.45) is 23.2 Å². The summed E-state index contributed by atoms with van der Waals surface area (Å²) in [6.45, 7) is 7.70. The first-order chi connectivity index (χ1) is 8.87. The lowest BCUT2D eigenvalue weighted by Gasteiger charge is -2.37. The molecule has 0 unspecified atom stereocenters. The van der Waals surface area contributed by atoms with Gasteiger partial charge in [-0.05, 0) is 31.6 Å². The minimum atomic E-state index is -0.860. The fourth-order valence-corrected chi connectivity index (χ4v) is 4.46. The molecule has 2 saturated carbocycles. The Kier molecular flexibility index (Phi) is 2.65. The second-order valence-electron chi connectivity index (χ2n) is 6.50. The summed E-state index contributed by atoms with van der Waals surface area (Å²) in [5.41, 5.74) is -0.429. The number of aliphatic hydroxyl groups excluding tert-OH is 1. The molecule has 0 aromatic carbocycles. The SMILES string of the molecule is C=C1C(=O)O[C@H]2C[C@@H](C)[C@H]3CCC(=O)[C@@]3(C)[C@@H](O)[C@H]12. The summed E-state index contributed by atoms with van der Waals surface area (Å²) in [6, 6.07) is 0. The highest BCUT2D eigenvalue weighted by molar-refractivity contribution is 5.92. The number of hydrogen-bond acceptors (Lipinski definition) is 4. The number of rotatable bonds is 0. The molecule has 0 amide bonds. The molecule has 4 heteroatoms. The van der Waals surface area contributed by atoms with Gasteiger partial charge in [0.05, 0.1) is 17.4 Å². The average Bonchev–Trinajstić information content (AvgIpc) is 2.77. The highest BCUT2D eigenvalue weighted by atomic mass is 16.6. The maximum absolute atomic E-state index is 12.3.